The van der Waals surface area contributed by atoms with Gasteiger partial charge in [0.15, 0.2) is 0 Å². The molecule has 0 atom stereocenters. The Morgan fingerprint density at radius 2 is 2.42 bits per heavy atom. The molecule has 0 amide bonds. The van der Waals surface area contributed by atoms with Gasteiger partial charge in [0, 0.05) is 0 Å². The van der Waals surface area contributed by atoms with Gasteiger partial charge < -0.3 is 0 Å². The van der Waals surface area contributed by atoms with Gasteiger partial charge in [-0.3, -0.25) is 0 Å². The van der Waals surface area contributed by atoms with Crippen molar-refractivity contribution in [2.75, 3.05) is 0 Å². The van der Waals surface area contributed by atoms with E-state index in [4.69, 9.17) is 0 Å². The minimum absolute atomic E-state index is 0.263. The Bertz CT molecular complexity index is 333. The summed E-state index contributed by atoms with van der Waals surface area (Å²) >= 11 is 0.263. The molecule has 0 unspecified atom stereocenters. The summed E-state index contributed by atoms with van der Waals surface area (Å²) in [6.07, 6.45) is 9.82. The van der Waals surface area contributed by atoms with Crippen LogP contribution in [0, 0.1) is 6.92 Å². The number of hydrogen-bond acceptors (Lipinski definition) is 0. The van der Waals surface area contributed by atoms with Gasteiger partial charge in [0.25, 0.3) is 0 Å². The molecule has 2 rings (SSSR count). The zero-order valence-electron chi connectivity index (χ0n) is 6.95. The summed E-state index contributed by atoms with van der Waals surface area (Å²) in [6, 6.07) is 2.15. The Hall–Kier alpha value is -0.617. The molecule has 0 bridgehead atoms. The number of aromatic amines is 1. The first kappa shape index (κ1) is 8.00. The van der Waals surface area contributed by atoms with Crippen molar-refractivity contribution in [2.45, 2.75) is 13.3 Å². The van der Waals surface area contributed by atoms with E-state index in [1.54, 1.807) is 4.17 Å². The third-order valence-corrected chi connectivity index (χ3v) is 4.37. The summed E-state index contributed by atoms with van der Waals surface area (Å²) in [6.45, 7) is 2.17. The average molecular weight is 246 g/mol. The molecule has 0 spiro atoms. The quantitative estimate of drug-likeness (QED) is 0.767. The van der Waals surface area contributed by atoms with Crippen LogP contribution in [0.5, 0.6) is 0 Å². The van der Waals surface area contributed by atoms with Crippen LogP contribution in [0.2, 0.25) is 0 Å². The van der Waals surface area contributed by atoms with E-state index in [-0.39, 0.29) is 17.1 Å². The Morgan fingerprint density at radius 1 is 1.50 bits per heavy atom. The van der Waals surface area contributed by atoms with E-state index in [1.807, 2.05) is 6.20 Å². The van der Waals surface area contributed by atoms with Crippen molar-refractivity contribution in [3.8, 4) is 0 Å². The van der Waals surface area contributed by atoms with Crippen LogP contribution in [-0.4, -0.2) is 4.98 Å². The van der Waals surface area contributed by atoms with Crippen LogP contribution in [0.3, 0.4) is 0 Å². The molecular formula is C10H11NRu. The van der Waals surface area contributed by atoms with Crippen molar-refractivity contribution < 1.29 is 17.1 Å². The summed E-state index contributed by atoms with van der Waals surface area (Å²) in [5.41, 5.74) is 1.40. The standard InChI is InChI=1S/C5H6N.C5H5.Ru/c1-5-2-3-6-4-5;1-2-4-5-3-1;/h2-3,6H,1H3;1-3H,4H2;. The Morgan fingerprint density at radius 3 is 3.00 bits per heavy atom. The summed E-state index contributed by atoms with van der Waals surface area (Å²) in [5.74, 6) is 0. The summed E-state index contributed by atoms with van der Waals surface area (Å²) in [7, 11) is 0. The molecule has 1 aliphatic rings. The Balaban J connectivity index is 2.09. The zero-order valence-corrected chi connectivity index (χ0v) is 8.69. The summed E-state index contributed by atoms with van der Waals surface area (Å²) in [5, 5.41) is 0. The van der Waals surface area contributed by atoms with Gasteiger partial charge in [0.05, 0.1) is 0 Å². The second-order valence-electron chi connectivity index (χ2n) is 2.78. The van der Waals surface area contributed by atoms with Crippen LogP contribution in [0.25, 0.3) is 0 Å². The van der Waals surface area contributed by atoms with Gasteiger partial charge in [-0.15, -0.1) is 0 Å². The minimum atomic E-state index is 0.263. The SMILES string of the molecule is Cc1cc[nH][c]1[Ru][C]1=CC=CC1. The molecule has 0 aromatic carbocycles. The van der Waals surface area contributed by atoms with E-state index in [9.17, 15) is 0 Å². The number of aryl methyl sites for hydroxylation is 1. The molecular weight excluding hydrogens is 235 g/mol. The molecule has 0 fully saturated rings. The molecule has 2 heteroatoms. The Labute approximate surface area is 80.2 Å². The number of hydrogen-bond donors (Lipinski definition) is 1. The summed E-state index contributed by atoms with van der Waals surface area (Å²) in [4.78, 5) is 3.30. The van der Waals surface area contributed by atoms with Crippen molar-refractivity contribution in [1.29, 1.82) is 0 Å². The molecule has 1 heterocycles. The van der Waals surface area contributed by atoms with Gasteiger partial charge >= 0.3 is 80.0 Å². The number of rotatable bonds is 2. The first-order chi connectivity index (χ1) is 5.86. The van der Waals surface area contributed by atoms with Crippen LogP contribution >= 0.6 is 0 Å². The molecule has 1 nitrogen and oxygen atoms in total. The van der Waals surface area contributed by atoms with Crippen molar-refractivity contribution in [1.82, 2.24) is 4.98 Å². The van der Waals surface area contributed by atoms with Crippen LogP contribution in [0.4, 0.5) is 0 Å². The molecule has 1 aromatic rings. The van der Waals surface area contributed by atoms with Gasteiger partial charge in [-0.05, 0) is 0 Å². The van der Waals surface area contributed by atoms with Crippen molar-refractivity contribution in [3.63, 3.8) is 0 Å². The molecule has 1 aromatic heterocycles. The Kier molecular flexibility index (Phi) is 2.27. The fraction of sp³-hybridized carbons (Fsp3) is 0.200. The fourth-order valence-electron chi connectivity index (χ4n) is 1.11. The zero-order chi connectivity index (χ0) is 8.39. The molecule has 64 valence electrons. The number of aromatic nitrogens is 1. The third-order valence-electron chi connectivity index (χ3n) is 1.80. The number of nitrogens with one attached hydrogen (secondary N) is 1. The van der Waals surface area contributed by atoms with Crippen LogP contribution in [-0.2, 0) is 17.1 Å². The molecule has 0 aliphatic heterocycles. The first-order valence-electron chi connectivity index (χ1n) is 3.98. The van der Waals surface area contributed by atoms with E-state index < -0.39 is 0 Å². The van der Waals surface area contributed by atoms with E-state index in [2.05, 4.69) is 36.2 Å². The molecule has 0 saturated heterocycles. The molecule has 0 saturated carbocycles. The molecule has 1 N–H and O–H groups in total. The second-order valence-corrected chi connectivity index (χ2v) is 5.20. The van der Waals surface area contributed by atoms with E-state index in [0.717, 1.165) is 6.42 Å². The van der Waals surface area contributed by atoms with Crippen LogP contribution < -0.4 is 4.29 Å². The third kappa shape index (κ3) is 1.59. The average Bonchev–Trinajstić information content (AvgIpc) is 2.65. The van der Waals surface area contributed by atoms with Crippen molar-refractivity contribution >= 4 is 4.29 Å². The molecule has 1 aliphatic carbocycles. The van der Waals surface area contributed by atoms with Gasteiger partial charge in [0.1, 0.15) is 0 Å². The van der Waals surface area contributed by atoms with Crippen LogP contribution in [0.15, 0.2) is 34.7 Å². The maximum absolute atomic E-state index is 3.30. The summed E-state index contributed by atoms with van der Waals surface area (Å²) < 4.78 is 3.03. The van der Waals surface area contributed by atoms with Crippen molar-refractivity contribution in [2.24, 2.45) is 0 Å². The number of H-pyrrole nitrogens is 1. The number of allylic oxidation sites excluding steroid dienone is 4. The second kappa shape index (κ2) is 3.41. The van der Waals surface area contributed by atoms with Gasteiger partial charge in [-0.1, -0.05) is 0 Å². The van der Waals surface area contributed by atoms with Gasteiger partial charge in [0.2, 0.25) is 0 Å². The maximum atomic E-state index is 3.30. The van der Waals surface area contributed by atoms with E-state index in [1.165, 1.54) is 9.85 Å². The predicted octanol–water partition coefficient (Wildman–Crippen LogP) is 1.87. The normalized spacial score (nSPS) is 15.6. The van der Waals surface area contributed by atoms with E-state index in [0.29, 0.717) is 0 Å². The van der Waals surface area contributed by atoms with Gasteiger partial charge in [-0.25, -0.2) is 0 Å². The monoisotopic (exact) mass is 247 g/mol. The molecule has 12 heavy (non-hydrogen) atoms. The fourth-order valence-corrected chi connectivity index (χ4v) is 3.12. The van der Waals surface area contributed by atoms with Crippen molar-refractivity contribution in [3.05, 3.63) is 40.2 Å². The molecule has 0 radical (unpaired) electrons. The topological polar surface area (TPSA) is 15.8 Å². The predicted molar refractivity (Wildman–Crippen MR) is 47.0 cm³/mol. The van der Waals surface area contributed by atoms with Crippen LogP contribution in [0.1, 0.15) is 12.0 Å². The van der Waals surface area contributed by atoms with E-state index >= 15 is 0 Å². The van der Waals surface area contributed by atoms with Gasteiger partial charge in [-0.2, -0.15) is 0 Å². The first-order valence-corrected chi connectivity index (χ1v) is 5.72.